The highest BCUT2D eigenvalue weighted by molar-refractivity contribution is 6.16. The summed E-state index contributed by atoms with van der Waals surface area (Å²) in [7, 11) is 0. The quantitative estimate of drug-likeness (QED) is 0.159. The highest BCUT2D eigenvalue weighted by Crippen LogP contribution is 2.66. The Balaban J connectivity index is 0.909. The lowest BCUT2D eigenvalue weighted by Crippen LogP contribution is -2.32. The van der Waals surface area contributed by atoms with Gasteiger partial charge < -0.3 is 13.9 Å². The van der Waals surface area contributed by atoms with Gasteiger partial charge in [-0.15, -0.1) is 0 Å². The van der Waals surface area contributed by atoms with Crippen LogP contribution in [0.15, 0.2) is 277 Å². The summed E-state index contributed by atoms with van der Waals surface area (Å²) in [5.41, 5.74) is 24.8. The van der Waals surface area contributed by atoms with Crippen molar-refractivity contribution in [1.29, 1.82) is 0 Å². The number of nitrogens with zero attached hydrogens (tertiary/aromatic N) is 2. The van der Waals surface area contributed by atoms with Gasteiger partial charge >= 0.3 is 0 Å². The predicted octanol–water partition coefficient (Wildman–Crippen LogP) is 19.4. The molecule has 356 valence electrons. The summed E-state index contributed by atoms with van der Waals surface area (Å²) >= 11 is 0. The monoisotopic (exact) mass is 968 g/mol. The Kier molecular flexibility index (Phi) is 9.38. The first kappa shape index (κ1) is 42.8. The third kappa shape index (κ3) is 6.11. The smallest absolute Gasteiger partial charge is 0.137 e. The molecule has 76 heavy (non-hydrogen) atoms. The third-order valence-electron chi connectivity index (χ3n) is 16.9. The molecule has 2 aromatic heterocycles. The molecule has 2 heterocycles. The number of allylic oxidation sites excluding steroid dienone is 4. The molecule has 1 unspecified atom stereocenters. The SMILES string of the molecule is C1=CCC2C(=C1)c1c(-c3ccccc3N(c3ccc(-c4ccccc4)cc3)c3cccc4oc5ccc(-c6ccc7c(c6)c6ccccc6n7-c6ccccc6)cc5c34)cccc1C21c2ccccc2-c2ccccc21. The number of furan rings is 1. The lowest BCUT2D eigenvalue weighted by atomic mass is 9.65. The second-order valence-corrected chi connectivity index (χ2v) is 20.6. The first-order chi connectivity index (χ1) is 37.7. The van der Waals surface area contributed by atoms with Crippen LogP contribution < -0.4 is 4.90 Å². The van der Waals surface area contributed by atoms with Crippen molar-refractivity contribution in [2.45, 2.75) is 11.8 Å². The maximum atomic E-state index is 6.86. The van der Waals surface area contributed by atoms with Gasteiger partial charge in [0.2, 0.25) is 0 Å². The van der Waals surface area contributed by atoms with Gasteiger partial charge in [0.1, 0.15) is 11.2 Å². The summed E-state index contributed by atoms with van der Waals surface area (Å²) in [5, 5.41) is 4.60. The second kappa shape index (κ2) is 16.7. The van der Waals surface area contributed by atoms with E-state index >= 15 is 0 Å². The molecule has 3 heteroatoms. The summed E-state index contributed by atoms with van der Waals surface area (Å²) in [5.74, 6) is 0.246. The summed E-state index contributed by atoms with van der Waals surface area (Å²) in [6.45, 7) is 0. The van der Waals surface area contributed by atoms with E-state index in [2.05, 4.69) is 282 Å². The van der Waals surface area contributed by atoms with E-state index in [-0.39, 0.29) is 11.3 Å². The van der Waals surface area contributed by atoms with Crippen molar-refractivity contribution in [3.63, 3.8) is 0 Å². The molecule has 0 amide bonds. The Hall–Kier alpha value is -9.70. The highest BCUT2D eigenvalue weighted by Gasteiger charge is 2.56. The average molecular weight is 969 g/mol. The zero-order valence-corrected chi connectivity index (χ0v) is 41.6. The van der Waals surface area contributed by atoms with Gasteiger partial charge in [-0.25, -0.2) is 0 Å². The number of anilines is 3. The average Bonchev–Trinajstić information content (AvgIpc) is 4.42. The predicted molar refractivity (Wildman–Crippen MR) is 316 cm³/mol. The van der Waals surface area contributed by atoms with Crippen LogP contribution >= 0.6 is 0 Å². The van der Waals surface area contributed by atoms with Gasteiger partial charge in [-0.3, -0.25) is 0 Å². The normalized spacial score (nSPS) is 14.8. The summed E-state index contributed by atoms with van der Waals surface area (Å²) < 4.78 is 9.24. The van der Waals surface area contributed by atoms with Crippen LogP contribution in [0, 0.1) is 5.92 Å². The van der Waals surface area contributed by atoms with Gasteiger partial charge in [0.15, 0.2) is 0 Å². The number of aromatic nitrogens is 1. The number of benzene rings is 11. The van der Waals surface area contributed by atoms with Gasteiger partial charge in [0, 0.05) is 39.0 Å². The minimum Gasteiger partial charge on any atom is -0.456 e. The summed E-state index contributed by atoms with van der Waals surface area (Å²) in [6, 6.07) is 93.8. The van der Waals surface area contributed by atoms with Gasteiger partial charge in [0.25, 0.3) is 0 Å². The minimum atomic E-state index is -0.320. The van der Waals surface area contributed by atoms with E-state index < -0.39 is 0 Å². The van der Waals surface area contributed by atoms with E-state index in [0.29, 0.717) is 0 Å². The van der Waals surface area contributed by atoms with Crippen LogP contribution in [-0.2, 0) is 5.41 Å². The Bertz CT molecular complexity index is 4510. The molecule has 0 saturated carbocycles. The van der Waals surface area contributed by atoms with Gasteiger partial charge in [0.05, 0.1) is 33.2 Å². The molecule has 0 aliphatic heterocycles. The molecule has 11 aromatic carbocycles. The van der Waals surface area contributed by atoms with E-state index in [9.17, 15) is 0 Å². The lowest BCUT2D eigenvalue weighted by molar-refractivity contribution is 0.494. The Morgan fingerprint density at radius 2 is 1.01 bits per heavy atom. The molecule has 1 atom stereocenters. The van der Waals surface area contributed by atoms with Crippen molar-refractivity contribution in [2.24, 2.45) is 5.92 Å². The molecule has 0 fully saturated rings. The van der Waals surface area contributed by atoms with Crippen LogP contribution in [0.1, 0.15) is 28.7 Å². The maximum absolute atomic E-state index is 6.86. The van der Waals surface area contributed by atoms with E-state index in [1.54, 1.807) is 0 Å². The molecule has 3 nitrogen and oxygen atoms in total. The molecule has 0 saturated heterocycles. The second-order valence-electron chi connectivity index (χ2n) is 20.6. The molecule has 13 aromatic rings. The molecule has 0 N–H and O–H groups in total. The lowest BCUT2D eigenvalue weighted by Gasteiger charge is -2.36. The highest BCUT2D eigenvalue weighted by atomic mass is 16.3. The molecule has 0 radical (unpaired) electrons. The fourth-order valence-corrected chi connectivity index (χ4v) is 13.8. The van der Waals surface area contributed by atoms with E-state index in [1.807, 2.05) is 0 Å². The number of hydrogen-bond acceptors (Lipinski definition) is 2. The van der Waals surface area contributed by atoms with Crippen molar-refractivity contribution in [3.8, 4) is 50.2 Å². The molecule has 3 aliphatic rings. The van der Waals surface area contributed by atoms with E-state index in [4.69, 9.17) is 4.42 Å². The van der Waals surface area contributed by atoms with Crippen molar-refractivity contribution < 1.29 is 4.42 Å². The number of fused-ring (bicyclic) bond motifs is 16. The first-order valence-electron chi connectivity index (χ1n) is 26.5. The van der Waals surface area contributed by atoms with Crippen molar-refractivity contribution in [2.75, 3.05) is 4.90 Å². The van der Waals surface area contributed by atoms with Crippen molar-refractivity contribution >= 4 is 66.4 Å². The van der Waals surface area contributed by atoms with Gasteiger partial charge in [-0.2, -0.15) is 0 Å². The largest absolute Gasteiger partial charge is 0.456 e. The molecular formula is C73H48N2O. The first-order valence-corrected chi connectivity index (χ1v) is 26.5. The van der Waals surface area contributed by atoms with E-state index in [1.165, 1.54) is 83.0 Å². The standard InChI is InChI=1S/C73H48N2O/c1-3-19-47(20-4-1)48-37-41-52(42-38-48)75(65-33-15-10-25-55(65)57-28-17-32-64-71(57)58-27-9-14-31-63(58)73(64)61-29-12-7-23-53(61)54-24-8-13-30-62(54)73)68-35-18-36-70-72(68)60-46-50(40-44-69(60)76-70)49-39-43-67-59(45-49)56-26-11-16-34-66(56)74(67)51-21-5-2-6-22-51/h1-30,32-46,63H,31H2. The van der Waals surface area contributed by atoms with Crippen molar-refractivity contribution in [3.05, 3.63) is 295 Å². The zero-order chi connectivity index (χ0) is 49.9. The zero-order valence-electron chi connectivity index (χ0n) is 41.6. The fraction of sp³-hybridized carbons (Fsp3) is 0.0411. The minimum absolute atomic E-state index is 0.246. The Labute approximate surface area is 441 Å². The van der Waals surface area contributed by atoms with E-state index in [0.717, 1.165) is 62.2 Å². The molecule has 3 aliphatic carbocycles. The van der Waals surface area contributed by atoms with Crippen LogP contribution in [0.25, 0.3) is 99.5 Å². The summed E-state index contributed by atoms with van der Waals surface area (Å²) in [6.07, 6.45) is 8.04. The van der Waals surface area contributed by atoms with Crippen LogP contribution in [0.2, 0.25) is 0 Å². The molecule has 0 bridgehead atoms. The summed E-state index contributed by atoms with van der Waals surface area (Å²) in [4.78, 5) is 2.48. The van der Waals surface area contributed by atoms with Crippen LogP contribution in [-0.4, -0.2) is 4.57 Å². The van der Waals surface area contributed by atoms with Gasteiger partial charge in [-0.1, -0.05) is 200 Å². The number of rotatable bonds is 7. The maximum Gasteiger partial charge on any atom is 0.137 e. The topological polar surface area (TPSA) is 21.3 Å². The fourth-order valence-electron chi connectivity index (χ4n) is 13.8. The third-order valence-corrected chi connectivity index (χ3v) is 16.9. The number of para-hydroxylation sites is 3. The molecular weight excluding hydrogens is 921 g/mol. The molecule has 16 rings (SSSR count). The van der Waals surface area contributed by atoms with Crippen molar-refractivity contribution in [1.82, 2.24) is 4.57 Å². The molecule has 1 spiro atoms. The Morgan fingerprint density at radius 3 is 1.82 bits per heavy atom. The van der Waals surface area contributed by atoms with Crippen LogP contribution in [0.4, 0.5) is 17.1 Å². The van der Waals surface area contributed by atoms with Gasteiger partial charge in [-0.05, 0) is 146 Å². The van der Waals surface area contributed by atoms with Crippen LogP contribution in [0.5, 0.6) is 0 Å². The Morgan fingerprint density at radius 1 is 0.421 bits per heavy atom. The van der Waals surface area contributed by atoms with Crippen LogP contribution in [0.3, 0.4) is 0 Å². The number of hydrogen-bond donors (Lipinski definition) is 0.